The van der Waals surface area contributed by atoms with Gasteiger partial charge in [-0.1, -0.05) is 44.2 Å². The lowest BCUT2D eigenvalue weighted by molar-refractivity contribution is -0.150. The summed E-state index contributed by atoms with van der Waals surface area (Å²) in [5, 5.41) is 2.67. The van der Waals surface area contributed by atoms with Gasteiger partial charge in [0.2, 0.25) is 0 Å². The second-order valence-corrected chi connectivity index (χ2v) is 6.39. The lowest BCUT2D eigenvalue weighted by Crippen LogP contribution is -2.32. The van der Waals surface area contributed by atoms with Crippen LogP contribution in [0.25, 0.3) is 0 Å². The zero-order valence-electron chi connectivity index (χ0n) is 15.6. The summed E-state index contributed by atoms with van der Waals surface area (Å²) in [7, 11) is 0. The van der Waals surface area contributed by atoms with Gasteiger partial charge in [0.05, 0.1) is 0 Å². The van der Waals surface area contributed by atoms with Crippen molar-refractivity contribution in [2.24, 2.45) is 5.92 Å². The van der Waals surface area contributed by atoms with Crippen molar-refractivity contribution in [2.45, 2.75) is 20.5 Å². The van der Waals surface area contributed by atoms with E-state index < -0.39 is 5.97 Å². The van der Waals surface area contributed by atoms with E-state index in [9.17, 15) is 9.59 Å². The summed E-state index contributed by atoms with van der Waals surface area (Å²) >= 11 is 0. The molecule has 27 heavy (non-hydrogen) atoms. The van der Waals surface area contributed by atoms with E-state index in [1.807, 2.05) is 44.2 Å². The van der Waals surface area contributed by atoms with Gasteiger partial charge in [-0.3, -0.25) is 4.79 Å². The van der Waals surface area contributed by atoms with Crippen LogP contribution < -0.4 is 14.8 Å². The van der Waals surface area contributed by atoms with E-state index in [4.69, 9.17) is 14.2 Å². The van der Waals surface area contributed by atoms with E-state index in [2.05, 4.69) is 5.32 Å². The van der Waals surface area contributed by atoms with Crippen LogP contribution in [-0.4, -0.2) is 31.6 Å². The maximum Gasteiger partial charge on any atom is 0.344 e. The molecule has 0 heterocycles. The molecule has 0 saturated carbocycles. The lowest BCUT2D eigenvalue weighted by atomic mass is 10.2. The summed E-state index contributed by atoms with van der Waals surface area (Å²) in [5.74, 6) is 0.641. The van der Waals surface area contributed by atoms with Crippen LogP contribution in [0.4, 0.5) is 0 Å². The molecular weight excluding hydrogens is 346 g/mol. The molecule has 6 heteroatoms. The number of nitrogens with one attached hydrogen (secondary N) is 1. The fraction of sp³-hybridized carbons (Fsp3) is 0.333. The molecular formula is C21H25NO5. The van der Waals surface area contributed by atoms with Gasteiger partial charge in [0.15, 0.2) is 13.2 Å². The Kier molecular flexibility index (Phi) is 8.16. The first-order valence-corrected chi connectivity index (χ1v) is 8.85. The molecule has 0 radical (unpaired) electrons. The Labute approximate surface area is 159 Å². The zero-order chi connectivity index (χ0) is 19.5. The number of benzene rings is 2. The summed E-state index contributed by atoms with van der Waals surface area (Å²) in [6.45, 7) is 4.43. The minimum atomic E-state index is -0.598. The SMILES string of the molecule is CC(C)CNC(=O)COC(=O)COc1ccc(OCc2ccccc2)cc1. The largest absolute Gasteiger partial charge is 0.489 e. The molecule has 0 aliphatic rings. The van der Waals surface area contributed by atoms with Crippen molar-refractivity contribution < 1.29 is 23.8 Å². The van der Waals surface area contributed by atoms with Crippen molar-refractivity contribution >= 4 is 11.9 Å². The highest BCUT2D eigenvalue weighted by Crippen LogP contribution is 2.18. The second-order valence-electron chi connectivity index (χ2n) is 6.39. The van der Waals surface area contributed by atoms with Gasteiger partial charge < -0.3 is 19.5 Å². The molecule has 2 rings (SSSR count). The Balaban J connectivity index is 1.67. The predicted molar refractivity (Wildman–Crippen MR) is 102 cm³/mol. The van der Waals surface area contributed by atoms with Crippen LogP contribution >= 0.6 is 0 Å². The second kappa shape index (κ2) is 10.9. The number of hydrogen-bond acceptors (Lipinski definition) is 5. The van der Waals surface area contributed by atoms with Gasteiger partial charge in [0, 0.05) is 6.54 Å². The van der Waals surface area contributed by atoms with Gasteiger partial charge in [0.1, 0.15) is 18.1 Å². The first-order valence-electron chi connectivity index (χ1n) is 8.85. The molecule has 1 N–H and O–H groups in total. The molecule has 0 aliphatic heterocycles. The van der Waals surface area contributed by atoms with Crippen LogP contribution in [0, 0.1) is 5.92 Å². The van der Waals surface area contributed by atoms with Gasteiger partial charge in [0.25, 0.3) is 5.91 Å². The third-order valence-corrected chi connectivity index (χ3v) is 3.50. The maximum absolute atomic E-state index is 11.6. The van der Waals surface area contributed by atoms with Crippen LogP contribution in [0.2, 0.25) is 0 Å². The number of amides is 1. The highest BCUT2D eigenvalue weighted by Gasteiger charge is 2.09. The number of esters is 1. The third-order valence-electron chi connectivity index (χ3n) is 3.50. The molecule has 0 fully saturated rings. The predicted octanol–water partition coefficient (Wildman–Crippen LogP) is 2.96. The summed E-state index contributed by atoms with van der Waals surface area (Å²) in [6, 6.07) is 16.8. The highest BCUT2D eigenvalue weighted by atomic mass is 16.6. The first kappa shape index (κ1) is 20.3. The Morgan fingerprint density at radius 3 is 2.15 bits per heavy atom. The molecule has 0 atom stereocenters. The van der Waals surface area contributed by atoms with E-state index in [-0.39, 0.29) is 19.1 Å². The van der Waals surface area contributed by atoms with E-state index in [0.29, 0.717) is 30.6 Å². The third kappa shape index (κ3) is 8.27. The molecule has 0 aliphatic carbocycles. The van der Waals surface area contributed by atoms with E-state index in [1.165, 1.54) is 0 Å². The lowest BCUT2D eigenvalue weighted by Gasteiger charge is -2.10. The quantitative estimate of drug-likeness (QED) is 0.650. The van der Waals surface area contributed by atoms with Crippen molar-refractivity contribution in [3.8, 4) is 11.5 Å². The van der Waals surface area contributed by atoms with Crippen molar-refractivity contribution in [1.82, 2.24) is 5.32 Å². The Morgan fingerprint density at radius 2 is 1.52 bits per heavy atom. The molecule has 0 unspecified atom stereocenters. The topological polar surface area (TPSA) is 73.9 Å². The van der Waals surface area contributed by atoms with Crippen molar-refractivity contribution in [2.75, 3.05) is 19.8 Å². The summed E-state index contributed by atoms with van der Waals surface area (Å²) in [6.07, 6.45) is 0. The van der Waals surface area contributed by atoms with Gasteiger partial charge in [-0.2, -0.15) is 0 Å². The fourth-order valence-corrected chi connectivity index (χ4v) is 2.07. The standard InChI is InChI=1S/C21H25NO5/c1-16(2)12-22-20(23)14-27-21(24)15-26-19-10-8-18(9-11-19)25-13-17-6-4-3-5-7-17/h3-11,16H,12-15H2,1-2H3,(H,22,23). The summed E-state index contributed by atoms with van der Waals surface area (Å²) < 4.78 is 15.9. The number of ether oxygens (including phenoxy) is 3. The summed E-state index contributed by atoms with van der Waals surface area (Å²) in [5.41, 5.74) is 1.08. The number of carbonyl (C=O) groups is 2. The molecule has 2 aromatic carbocycles. The van der Waals surface area contributed by atoms with E-state index in [0.717, 1.165) is 5.56 Å². The van der Waals surface area contributed by atoms with Gasteiger partial charge >= 0.3 is 5.97 Å². The molecule has 0 aromatic heterocycles. The van der Waals surface area contributed by atoms with Crippen LogP contribution in [0.3, 0.4) is 0 Å². The van der Waals surface area contributed by atoms with Crippen molar-refractivity contribution in [3.63, 3.8) is 0 Å². The normalized spacial score (nSPS) is 10.3. The smallest absolute Gasteiger partial charge is 0.344 e. The number of rotatable bonds is 10. The highest BCUT2D eigenvalue weighted by molar-refractivity contribution is 5.80. The minimum absolute atomic E-state index is 0.262. The minimum Gasteiger partial charge on any atom is -0.489 e. The van der Waals surface area contributed by atoms with Gasteiger partial charge in [-0.05, 0) is 35.7 Å². The molecule has 2 aromatic rings. The average Bonchev–Trinajstić information content (AvgIpc) is 2.69. The van der Waals surface area contributed by atoms with Gasteiger partial charge in [-0.15, -0.1) is 0 Å². The van der Waals surface area contributed by atoms with Crippen LogP contribution in [0.15, 0.2) is 54.6 Å². The van der Waals surface area contributed by atoms with Crippen LogP contribution in [-0.2, 0) is 20.9 Å². The van der Waals surface area contributed by atoms with Crippen molar-refractivity contribution in [3.05, 3.63) is 60.2 Å². The molecule has 0 spiro atoms. The fourth-order valence-electron chi connectivity index (χ4n) is 2.07. The molecule has 0 bridgehead atoms. The van der Waals surface area contributed by atoms with Crippen LogP contribution in [0.5, 0.6) is 11.5 Å². The Bertz CT molecular complexity index is 713. The van der Waals surface area contributed by atoms with Gasteiger partial charge in [-0.25, -0.2) is 4.79 Å². The molecule has 1 amide bonds. The van der Waals surface area contributed by atoms with E-state index in [1.54, 1.807) is 24.3 Å². The molecule has 6 nitrogen and oxygen atoms in total. The monoisotopic (exact) mass is 371 g/mol. The van der Waals surface area contributed by atoms with Crippen molar-refractivity contribution in [1.29, 1.82) is 0 Å². The first-order chi connectivity index (χ1) is 13.0. The van der Waals surface area contributed by atoms with Crippen LogP contribution in [0.1, 0.15) is 19.4 Å². The Hall–Kier alpha value is -3.02. The number of carbonyl (C=O) groups excluding carboxylic acids is 2. The number of hydrogen-bond donors (Lipinski definition) is 1. The maximum atomic E-state index is 11.6. The Morgan fingerprint density at radius 1 is 0.889 bits per heavy atom. The molecule has 144 valence electrons. The zero-order valence-corrected chi connectivity index (χ0v) is 15.6. The summed E-state index contributed by atoms with van der Waals surface area (Å²) in [4.78, 5) is 23.1. The van der Waals surface area contributed by atoms with E-state index >= 15 is 0 Å². The molecule has 0 saturated heterocycles. The average molecular weight is 371 g/mol.